The van der Waals surface area contributed by atoms with Gasteiger partial charge in [-0.15, -0.1) is 0 Å². The maximum absolute atomic E-state index is 12.2. The fraction of sp³-hybridized carbons (Fsp3) is 0.200. The van der Waals surface area contributed by atoms with Gasteiger partial charge in [0.2, 0.25) is 0 Å². The molecule has 2 heterocycles. The van der Waals surface area contributed by atoms with Gasteiger partial charge in [-0.2, -0.15) is 0 Å². The molecule has 23 heavy (non-hydrogen) atoms. The fourth-order valence-electron chi connectivity index (χ4n) is 3.09. The molecule has 6 nitrogen and oxygen atoms in total. The molecule has 0 amide bonds. The molecule has 0 aliphatic carbocycles. The Kier molecular flexibility index (Phi) is 2.98. The molecule has 0 saturated carbocycles. The smallest absolute Gasteiger partial charge is 0.198 e. The average molecular weight is 350 g/mol. The van der Waals surface area contributed by atoms with Gasteiger partial charge in [0.1, 0.15) is 11.8 Å². The number of hydrogen-bond acceptors (Lipinski definition) is 6. The van der Waals surface area contributed by atoms with Gasteiger partial charge in [0.05, 0.1) is 27.8 Å². The summed E-state index contributed by atoms with van der Waals surface area (Å²) in [6, 6.07) is 13.6. The van der Waals surface area contributed by atoms with Crippen LogP contribution in [0.3, 0.4) is 0 Å². The highest BCUT2D eigenvalue weighted by Gasteiger charge is 2.37. The van der Waals surface area contributed by atoms with Gasteiger partial charge >= 0.3 is 0 Å². The van der Waals surface area contributed by atoms with Crippen LogP contribution < -0.4 is 9.80 Å². The summed E-state index contributed by atoms with van der Waals surface area (Å²) >= 11 is 0. The first-order valence-corrected chi connectivity index (χ1v) is 10.3. The second-order valence-corrected chi connectivity index (χ2v) is 9.50. The number of para-hydroxylation sites is 2. The van der Waals surface area contributed by atoms with Crippen molar-refractivity contribution in [2.24, 2.45) is 0 Å². The molecule has 8 heteroatoms. The Morgan fingerprint density at radius 2 is 1.09 bits per heavy atom. The van der Waals surface area contributed by atoms with Crippen LogP contribution in [0.2, 0.25) is 0 Å². The molecule has 0 atom stereocenters. The molecule has 4 rings (SSSR count). The molecule has 0 unspecified atom stereocenters. The van der Waals surface area contributed by atoms with Crippen LogP contribution in [0.1, 0.15) is 0 Å². The van der Waals surface area contributed by atoms with Gasteiger partial charge in [-0.3, -0.25) is 0 Å². The van der Waals surface area contributed by atoms with Crippen molar-refractivity contribution in [3.05, 3.63) is 48.5 Å². The number of benzene rings is 2. The lowest BCUT2D eigenvalue weighted by Gasteiger charge is -2.26. The zero-order chi connectivity index (χ0) is 16.2. The highest BCUT2D eigenvalue weighted by molar-refractivity contribution is 7.92. The monoisotopic (exact) mass is 350 g/mol. The number of hydrogen-bond donors (Lipinski definition) is 0. The predicted molar refractivity (Wildman–Crippen MR) is 86.8 cm³/mol. The summed E-state index contributed by atoms with van der Waals surface area (Å²) in [6.07, 6.45) is 0. The van der Waals surface area contributed by atoms with Gasteiger partial charge < -0.3 is 9.80 Å². The summed E-state index contributed by atoms with van der Waals surface area (Å²) in [5, 5.41) is 0. The number of sulfone groups is 2. The first-order chi connectivity index (χ1) is 10.9. The van der Waals surface area contributed by atoms with Crippen molar-refractivity contribution in [3.63, 3.8) is 0 Å². The van der Waals surface area contributed by atoms with Gasteiger partial charge in [0.25, 0.3) is 0 Å². The van der Waals surface area contributed by atoms with Crippen molar-refractivity contribution in [1.29, 1.82) is 0 Å². The van der Waals surface area contributed by atoms with Crippen LogP contribution in [0.4, 0.5) is 11.4 Å². The lowest BCUT2D eigenvalue weighted by molar-refractivity contribution is 0.598. The molecule has 0 spiro atoms. The topological polar surface area (TPSA) is 74.8 Å². The molecule has 0 N–H and O–H groups in total. The number of rotatable bonds is 2. The van der Waals surface area contributed by atoms with E-state index in [9.17, 15) is 16.8 Å². The second kappa shape index (κ2) is 4.72. The largest absolute Gasteiger partial charge is 0.338 e. The van der Waals surface area contributed by atoms with E-state index in [4.69, 9.17) is 0 Å². The Labute approximate surface area is 134 Å². The van der Waals surface area contributed by atoms with E-state index < -0.39 is 19.7 Å². The molecule has 0 saturated heterocycles. The SMILES string of the molecule is O=S1(=O)CN(CN2CS(=O)(=O)c3ccccc32)c2ccccc21. The zero-order valence-corrected chi connectivity index (χ0v) is 13.7. The molecule has 2 aromatic carbocycles. The summed E-state index contributed by atoms with van der Waals surface area (Å²) in [5.74, 6) is -0.268. The standard InChI is InChI=1S/C15H14N2O4S2/c18-22(19)10-16(12-5-1-3-7-14(12)22)9-17-11-23(20,21)15-8-4-2-6-13(15)17/h1-8H,9-11H2. The van der Waals surface area contributed by atoms with Crippen LogP contribution in [0, 0.1) is 0 Å². The van der Waals surface area contributed by atoms with E-state index in [0.717, 1.165) is 0 Å². The van der Waals surface area contributed by atoms with Crippen molar-refractivity contribution in [3.8, 4) is 0 Å². The minimum absolute atomic E-state index is 0.134. The van der Waals surface area contributed by atoms with Gasteiger partial charge in [-0.25, -0.2) is 16.8 Å². The lowest BCUT2D eigenvalue weighted by Crippen LogP contribution is -2.37. The van der Waals surface area contributed by atoms with Gasteiger partial charge in [-0.1, -0.05) is 24.3 Å². The van der Waals surface area contributed by atoms with E-state index in [2.05, 4.69) is 0 Å². The highest BCUT2D eigenvalue weighted by atomic mass is 32.2. The molecule has 120 valence electrons. The molecular weight excluding hydrogens is 336 g/mol. The van der Waals surface area contributed by atoms with E-state index in [1.165, 1.54) is 0 Å². The normalized spacial score (nSPS) is 20.3. The van der Waals surface area contributed by atoms with E-state index in [1.54, 1.807) is 58.3 Å². The van der Waals surface area contributed by atoms with Crippen LogP contribution >= 0.6 is 0 Å². The summed E-state index contributed by atoms with van der Waals surface area (Å²) in [6.45, 7) is 0.215. The van der Waals surface area contributed by atoms with Crippen LogP contribution in [0.25, 0.3) is 0 Å². The minimum atomic E-state index is -3.35. The quantitative estimate of drug-likeness (QED) is 0.816. The van der Waals surface area contributed by atoms with Crippen molar-refractivity contribution in [2.75, 3.05) is 28.2 Å². The van der Waals surface area contributed by atoms with Gasteiger partial charge in [0, 0.05) is 0 Å². The third-order valence-electron chi connectivity index (χ3n) is 4.08. The van der Waals surface area contributed by atoms with Crippen molar-refractivity contribution in [1.82, 2.24) is 0 Å². The first kappa shape index (κ1) is 14.5. The number of anilines is 2. The lowest BCUT2D eigenvalue weighted by atomic mass is 10.3. The third kappa shape index (κ3) is 2.21. The van der Waals surface area contributed by atoms with Crippen LogP contribution in [-0.2, 0) is 19.7 Å². The fourth-order valence-corrected chi connectivity index (χ4v) is 6.24. The molecular formula is C15H14N2O4S2. The maximum atomic E-state index is 12.2. The molecule has 0 fully saturated rings. The Hall–Kier alpha value is -2.06. The molecule has 0 radical (unpaired) electrons. The summed E-state index contributed by atoms with van der Waals surface area (Å²) in [4.78, 5) is 4.00. The Morgan fingerprint density at radius 1 is 0.696 bits per heavy atom. The maximum Gasteiger partial charge on any atom is 0.198 e. The van der Waals surface area contributed by atoms with E-state index >= 15 is 0 Å². The molecule has 2 aliphatic heterocycles. The van der Waals surface area contributed by atoms with Crippen molar-refractivity contribution >= 4 is 31.0 Å². The van der Waals surface area contributed by atoms with Gasteiger partial charge in [0.15, 0.2) is 19.7 Å². The molecule has 2 aromatic rings. The highest BCUT2D eigenvalue weighted by Crippen LogP contribution is 2.37. The van der Waals surface area contributed by atoms with Gasteiger partial charge in [-0.05, 0) is 24.3 Å². The van der Waals surface area contributed by atoms with Crippen LogP contribution in [-0.4, -0.2) is 35.3 Å². The Bertz CT molecular complexity index is 918. The molecule has 2 aliphatic rings. The van der Waals surface area contributed by atoms with Crippen LogP contribution in [0.5, 0.6) is 0 Å². The Morgan fingerprint density at radius 3 is 1.52 bits per heavy atom. The third-order valence-corrected chi connectivity index (χ3v) is 7.41. The second-order valence-electron chi connectivity index (χ2n) is 5.64. The minimum Gasteiger partial charge on any atom is -0.338 e. The summed E-state index contributed by atoms with van der Waals surface area (Å²) in [7, 11) is -6.71. The zero-order valence-electron chi connectivity index (χ0n) is 12.1. The Balaban J connectivity index is 1.72. The van der Waals surface area contributed by atoms with E-state index in [-0.39, 0.29) is 18.4 Å². The van der Waals surface area contributed by atoms with E-state index in [1.807, 2.05) is 0 Å². The number of fused-ring (bicyclic) bond motifs is 2. The summed E-state index contributed by atoms with van der Waals surface area (Å²) < 4.78 is 48.9. The molecule has 0 bridgehead atoms. The first-order valence-electron chi connectivity index (χ1n) is 7.02. The summed E-state index contributed by atoms with van der Waals surface area (Å²) in [5.41, 5.74) is 1.24. The number of nitrogens with zero attached hydrogens (tertiary/aromatic N) is 2. The van der Waals surface area contributed by atoms with Crippen molar-refractivity contribution < 1.29 is 16.8 Å². The van der Waals surface area contributed by atoms with Crippen LogP contribution in [0.15, 0.2) is 58.3 Å². The van der Waals surface area contributed by atoms with E-state index in [0.29, 0.717) is 21.2 Å². The molecule has 0 aromatic heterocycles. The van der Waals surface area contributed by atoms with Crippen molar-refractivity contribution in [2.45, 2.75) is 9.79 Å². The average Bonchev–Trinajstić information content (AvgIpc) is 2.92. The predicted octanol–water partition coefficient (Wildman–Crippen LogP) is 1.45.